The molecule has 2 rings (SSSR count). The van der Waals surface area contributed by atoms with Crippen molar-refractivity contribution in [3.63, 3.8) is 0 Å². The van der Waals surface area contributed by atoms with Crippen LogP contribution in [0.4, 0.5) is 5.00 Å². The summed E-state index contributed by atoms with van der Waals surface area (Å²) in [5, 5.41) is 21.7. The minimum Gasteiger partial charge on any atom is -0.504 e. The van der Waals surface area contributed by atoms with Crippen molar-refractivity contribution >= 4 is 28.2 Å². The van der Waals surface area contributed by atoms with Crippen LogP contribution in [0.5, 0.6) is 11.5 Å². The lowest BCUT2D eigenvalue weighted by Crippen LogP contribution is -2.13. The van der Waals surface area contributed by atoms with Gasteiger partial charge >= 0.3 is 5.97 Å². The first-order valence-electron chi connectivity index (χ1n) is 5.95. The number of aryl methyl sites for hydroxylation is 1. The summed E-state index contributed by atoms with van der Waals surface area (Å²) in [6.07, 6.45) is 0. The number of amides is 1. The molecule has 7 heteroatoms. The standard InChI is InChI=1S/C14H13NO5S/c1-7-6-9(14(18)19)13(21-7)15-12(17)8-4-3-5-10(20-2)11(8)16/h3-6,16H,1-2H3,(H,15,17)(H,18,19). The lowest BCUT2D eigenvalue weighted by Gasteiger charge is -2.09. The third-order valence-electron chi connectivity index (χ3n) is 2.78. The second-order valence-corrected chi connectivity index (χ2v) is 5.47. The van der Waals surface area contributed by atoms with Crippen LogP contribution in [0.25, 0.3) is 0 Å². The molecule has 2 aromatic rings. The van der Waals surface area contributed by atoms with Crippen LogP contribution in [0.1, 0.15) is 25.6 Å². The number of aromatic carboxylic acids is 1. The Kier molecular flexibility index (Phi) is 4.13. The Morgan fingerprint density at radius 1 is 1.29 bits per heavy atom. The minimum absolute atomic E-state index is 0.0109. The first kappa shape index (κ1) is 14.9. The van der Waals surface area contributed by atoms with Crippen LogP contribution in [0.2, 0.25) is 0 Å². The molecule has 0 atom stereocenters. The van der Waals surface area contributed by atoms with Gasteiger partial charge in [-0.15, -0.1) is 11.3 Å². The Morgan fingerprint density at radius 3 is 2.62 bits per heavy atom. The zero-order valence-corrected chi connectivity index (χ0v) is 12.2. The van der Waals surface area contributed by atoms with Crippen LogP contribution < -0.4 is 10.1 Å². The maximum Gasteiger partial charge on any atom is 0.338 e. The van der Waals surface area contributed by atoms with Crippen molar-refractivity contribution in [1.82, 2.24) is 0 Å². The van der Waals surface area contributed by atoms with Gasteiger partial charge in [-0.2, -0.15) is 0 Å². The van der Waals surface area contributed by atoms with Crippen LogP contribution in [-0.2, 0) is 0 Å². The third kappa shape index (κ3) is 2.97. The average molecular weight is 307 g/mol. The maximum atomic E-state index is 12.2. The minimum atomic E-state index is -1.12. The summed E-state index contributed by atoms with van der Waals surface area (Å²) < 4.78 is 4.93. The number of hydrogen-bond acceptors (Lipinski definition) is 5. The molecule has 0 radical (unpaired) electrons. The topological polar surface area (TPSA) is 95.9 Å². The number of para-hydroxylation sites is 1. The predicted molar refractivity (Wildman–Crippen MR) is 78.6 cm³/mol. The SMILES string of the molecule is COc1cccc(C(=O)Nc2sc(C)cc2C(=O)O)c1O. The fourth-order valence-corrected chi connectivity index (χ4v) is 2.71. The monoisotopic (exact) mass is 307 g/mol. The van der Waals surface area contributed by atoms with E-state index in [2.05, 4.69) is 5.32 Å². The number of carbonyl (C=O) groups excluding carboxylic acids is 1. The van der Waals surface area contributed by atoms with Gasteiger partial charge in [0, 0.05) is 4.88 Å². The fraction of sp³-hybridized carbons (Fsp3) is 0.143. The molecule has 0 bridgehead atoms. The zero-order chi connectivity index (χ0) is 15.6. The number of nitrogens with one attached hydrogen (secondary N) is 1. The number of hydrogen-bond donors (Lipinski definition) is 3. The number of methoxy groups -OCH3 is 1. The van der Waals surface area contributed by atoms with Gasteiger partial charge in [0.25, 0.3) is 5.91 Å². The highest BCUT2D eigenvalue weighted by atomic mass is 32.1. The van der Waals surface area contributed by atoms with E-state index >= 15 is 0 Å². The summed E-state index contributed by atoms with van der Waals surface area (Å²) in [7, 11) is 1.38. The van der Waals surface area contributed by atoms with Crippen molar-refractivity contribution in [3.8, 4) is 11.5 Å². The lowest BCUT2D eigenvalue weighted by atomic mass is 10.1. The third-order valence-corrected chi connectivity index (χ3v) is 3.74. The van der Waals surface area contributed by atoms with E-state index in [9.17, 15) is 14.7 Å². The van der Waals surface area contributed by atoms with Gasteiger partial charge in [0.1, 0.15) is 5.00 Å². The normalized spacial score (nSPS) is 10.2. The van der Waals surface area contributed by atoms with Crippen molar-refractivity contribution in [2.75, 3.05) is 12.4 Å². The van der Waals surface area contributed by atoms with E-state index in [1.165, 1.54) is 25.3 Å². The van der Waals surface area contributed by atoms with Gasteiger partial charge in [-0.3, -0.25) is 4.79 Å². The van der Waals surface area contributed by atoms with Gasteiger partial charge in [-0.05, 0) is 25.1 Å². The highest BCUT2D eigenvalue weighted by Gasteiger charge is 2.19. The molecule has 1 heterocycles. The van der Waals surface area contributed by atoms with E-state index in [0.717, 1.165) is 16.2 Å². The Bertz CT molecular complexity index is 707. The quantitative estimate of drug-likeness (QED) is 0.807. The lowest BCUT2D eigenvalue weighted by molar-refractivity contribution is 0.0698. The summed E-state index contributed by atoms with van der Waals surface area (Å²) in [6, 6.07) is 5.98. The van der Waals surface area contributed by atoms with Gasteiger partial charge in [-0.25, -0.2) is 4.79 Å². The van der Waals surface area contributed by atoms with Crippen molar-refractivity contribution in [2.45, 2.75) is 6.92 Å². The molecular weight excluding hydrogens is 294 g/mol. The number of phenols is 1. The van der Waals surface area contributed by atoms with Crippen molar-refractivity contribution in [3.05, 3.63) is 40.3 Å². The van der Waals surface area contributed by atoms with Crippen LogP contribution in [0.3, 0.4) is 0 Å². The van der Waals surface area contributed by atoms with E-state index in [1.807, 2.05) is 0 Å². The van der Waals surface area contributed by atoms with Crippen LogP contribution >= 0.6 is 11.3 Å². The van der Waals surface area contributed by atoms with Gasteiger partial charge in [0.15, 0.2) is 11.5 Å². The van der Waals surface area contributed by atoms with E-state index in [4.69, 9.17) is 9.84 Å². The number of aromatic hydroxyl groups is 1. The number of thiophene rings is 1. The summed E-state index contributed by atoms with van der Waals surface area (Å²) in [5.41, 5.74) is 0.0324. The van der Waals surface area contributed by atoms with Crippen molar-refractivity contribution in [1.29, 1.82) is 0 Å². The number of carboxylic acids is 1. The molecule has 0 unspecified atom stereocenters. The molecule has 0 aliphatic rings. The molecule has 3 N–H and O–H groups in total. The first-order chi connectivity index (χ1) is 9.93. The Hall–Kier alpha value is -2.54. The largest absolute Gasteiger partial charge is 0.504 e. The molecule has 0 spiro atoms. The fourth-order valence-electron chi connectivity index (χ4n) is 1.81. The van der Waals surface area contributed by atoms with Gasteiger partial charge in [0.2, 0.25) is 0 Å². The van der Waals surface area contributed by atoms with E-state index in [0.29, 0.717) is 0 Å². The number of rotatable bonds is 4. The van der Waals surface area contributed by atoms with Crippen LogP contribution in [0.15, 0.2) is 24.3 Å². The number of anilines is 1. The van der Waals surface area contributed by atoms with E-state index in [-0.39, 0.29) is 27.6 Å². The molecule has 0 saturated heterocycles. The summed E-state index contributed by atoms with van der Waals surface area (Å²) >= 11 is 1.16. The summed E-state index contributed by atoms with van der Waals surface area (Å²) in [5.74, 6) is -1.84. The number of ether oxygens (including phenoxy) is 1. The number of benzene rings is 1. The summed E-state index contributed by atoms with van der Waals surface area (Å²) in [6.45, 7) is 1.75. The number of carboxylic acid groups (broad SMARTS) is 1. The second kappa shape index (κ2) is 5.84. The second-order valence-electron chi connectivity index (χ2n) is 4.22. The molecule has 0 aliphatic heterocycles. The molecule has 0 fully saturated rings. The van der Waals surface area contributed by atoms with E-state index in [1.54, 1.807) is 13.0 Å². The van der Waals surface area contributed by atoms with Crippen LogP contribution in [0, 0.1) is 6.92 Å². The predicted octanol–water partition coefficient (Wildman–Crippen LogP) is 2.72. The van der Waals surface area contributed by atoms with Gasteiger partial charge < -0.3 is 20.3 Å². The number of carbonyl (C=O) groups is 2. The molecule has 0 saturated carbocycles. The average Bonchev–Trinajstić information content (AvgIpc) is 2.80. The Morgan fingerprint density at radius 2 is 2.00 bits per heavy atom. The smallest absolute Gasteiger partial charge is 0.338 e. The molecule has 1 aromatic carbocycles. The number of phenolic OH excluding ortho intramolecular Hbond substituents is 1. The molecule has 6 nitrogen and oxygen atoms in total. The van der Waals surface area contributed by atoms with Gasteiger partial charge in [-0.1, -0.05) is 6.07 Å². The summed E-state index contributed by atoms with van der Waals surface area (Å²) in [4.78, 5) is 24.0. The van der Waals surface area contributed by atoms with Crippen molar-refractivity contribution in [2.24, 2.45) is 0 Å². The molecule has 0 aliphatic carbocycles. The molecule has 21 heavy (non-hydrogen) atoms. The van der Waals surface area contributed by atoms with E-state index < -0.39 is 11.9 Å². The Balaban J connectivity index is 2.33. The first-order valence-corrected chi connectivity index (χ1v) is 6.76. The van der Waals surface area contributed by atoms with Crippen LogP contribution in [-0.4, -0.2) is 29.2 Å². The molecule has 1 amide bonds. The molecular formula is C14H13NO5S. The maximum absolute atomic E-state index is 12.2. The molecule has 110 valence electrons. The zero-order valence-electron chi connectivity index (χ0n) is 11.3. The van der Waals surface area contributed by atoms with Gasteiger partial charge in [0.05, 0.1) is 18.2 Å². The highest BCUT2D eigenvalue weighted by Crippen LogP contribution is 2.32. The Labute approximate surface area is 124 Å². The molecule has 1 aromatic heterocycles. The highest BCUT2D eigenvalue weighted by molar-refractivity contribution is 7.16. The van der Waals surface area contributed by atoms with Crippen molar-refractivity contribution < 1.29 is 24.5 Å².